The summed E-state index contributed by atoms with van der Waals surface area (Å²) < 4.78 is 24.2. The summed E-state index contributed by atoms with van der Waals surface area (Å²) in [4.78, 5) is 39.0. The summed E-state index contributed by atoms with van der Waals surface area (Å²) >= 11 is 0. The lowest BCUT2D eigenvalue weighted by molar-refractivity contribution is -0.122. The first-order valence-electron chi connectivity index (χ1n) is 11.8. The van der Waals surface area contributed by atoms with Gasteiger partial charge in [0, 0.05) is 31.1 Å². The van der Waals surface area contributed by atoms with Crippen molar-refractivity contribution in [2.45, 2.75) is 19.3 Å². The smallest absolute Gasteiger partial charge is 0.265 e. The molecule has 36 heavy (non-hydrogen) atoms. The predicted octanol–water partition coefficient (Wildman–Crippen LogP) is 3.95. The van der Waals surface area contributed by atoms with Crippen molar-refractivity contribution in [2.24, 2.45) is 0 Å². The van der Waals surface area contributed by atoms with Crippen LogP contribution in [0, 0.1) is 5.82 Å². The number of benzene rings is 3. The molecule has 0 radical (unpaired) electrons. The molecule has 0 aliphatic carbocycles. The van der Waals surface area contributed by atoms with Gasteiger partial charge >= 0.3 is 0 Å². The average molecular weight is 491 g/mol. The topological polar surface area (TPSA) is 84.9 Å². The lowest BCUT2D eigenvalue weighted by Crippen LogP contribution is -2.40. The van der Waals surface area contributed by atoms with Crippen LogP contribution in [0.3, 0.4) is 0 Å². The lowest BCUT2D eigenvalue weighted by Gasteiger charge is -2.29. The normalized spacial score (nSPS) is 12.5. The van der Waals surface area contributed by atoms with Crippen molar-refractivity contribution in [3.8, 4) is 11.5 Å². The number of hydrogen-bond acceptors (Lipinski definition) is 5. The first kappa shape index (κ1) is 24.9. The van der Waals surface area contributed by atoms with Gasteiger partial charge in [-0.15, -0.1) is 0 Å². The molecular formula is C28H27FN2O5. The minimum Gasteiger partial charge on any atom is -0.485 e. The van der Waals surface area contributed by atoms with Gasteiger partial charge in [0.25, 0.3) is 5.91 Å². The summed E-state index contributed by atoms with van der Waals surface area (Å²) in [6.07, 6.45) is 1.49. The third-order valence-electron chi connectivity index (χ3n) is 5.75. The Bertz CT molecular complexity index is 1230. The van der Waals surface area contributed by atoms with E-state index in [-0.39, 0.29) is 43.0 Å². The largest absolute Gasteiger partial charge is 0.485 e. The monoisotopic (exact) mass is 490 g/mol. The Labute approximate surface area is 208 Å². The third-order valence-corrected chi connectivity index (χ3v) is 5.75. The number of hydrogen-bond donors (Lipinski definition) is 1. The van der Waals surface area contributed by atoms with Gasteiger partial charge in [-0.2, -0.15) is 0 Å². The highest BCUT2D eigenvalue weighted by molar-refractivity contribution is 6.02. The fourth-order valence-corrected chi connectivity index (χ4v) is 3.89. The molecule has 0 spiro atoms. The van der Waals surface area contributed by atoms with Crippen LogP contribution in [0.2, 0.25) is 0 Å². The molecule has 3 aromatic rings. The molecule has 3 aromatic carbocycles. The number of carbonyl (C=O) groups excluding carboxylic acids is 3. The van der Waals surface area contributed by atoms with Gasteiger partial charge in [0.05, 0.1) is 5.69 Å². The maximum Gasteiger partial charge on any atom is 0.265 e. The zero-order valence-electron chi connectivity index (χ0n) is 19.7. The Kier molecular flexibility index (Phi) is 8.28. The number of nitrogens with zero attached hydrogens (tertiary/aromatic N) is 1. The van der Waals surface area contributed by atoms with Gasteiger partial charge in [0.15, 0.2) is 19.0 Å². The van der Waals surface area contributed by atoms with E-state index in [2.05, 4.69) is 5.32 Å². The fraction of sp³-hybridized carbons (Fsp3) is 0.250. The second-order valence-corrected chi connectivity index (χ2v) is 8.37. The summed E-state index contributed by atoms with van der Waals surface area (Å²) in [5.41, 5.74) is 1.97. The van der Waals surface area contributed by atoms with E-state index >= 15 is 0 Å². The van der Waals surface area contributed by atoms with Gasteiger partial charge < -0.3 is 19.7 Å². The Hall–Kier alpha value is -4.20. The third kappa shape index (κ3) is 6.69. The molecule has 186 valence electrons. The van der Waals surface area contributed by atoms with Crippen molar-refractivity contribution in [1.29, 1.82) is 0 Å². The van der Waals surface area contributed by atoms with Crippen LogP contribution in [0.5, 0.6) is 11.5 Å². The highest BCUT2D eigenvalue weighted by Gasteiger charge is 2.26. The Morgan fingerprint density at radius 3 is 2.67 bits per heavy atom. The number of anilines is 1. The molecule has 0 aromatic heterocycles. The molecule has 7 nitrogen and oxygen atoms in total. The van der Waals surface area contributed by atoms with Crippen molar-refractivity contribution in [3.63, 3.8) is 0 Å². The summed E-state index contributed by atoms with van der Waals surface area (Å²) in [5.74, 6) is -0.353. The van der Waals surface area contributed by atoms with Crippen molar-refractivity contribution >= 4 is 23.3 Å². The molecule has 4 rings (SSSR count). The van der Waals surface area contributed by atoms with Crippen LogP contribution in [0.25, 0.3) is 0 Å². The lowest BCUT2D eigenvalue weighted by atomic mass is 10.1. The van der Waals surface area contributed by atoms with Crippen LogP contribution in [-0.4, -0.2) is 43.9 Å². The molecule has 1 N–H and O–H groups in total. The van der Waals surface area contributed by atoms with E-state index in [4.69, 9.17) is 9.47 Å². The van der Waals surface area contributed by atoms with Crippen LogP contribution < -0.4 is 19.7 Å². The van der Waals surface area contributed by atoms with Crippen molar-refractivity contribution in [2.75, 3.05) is 31.2 Å². The number of ether oxygens (including phenoxy) is 2. The maximum atomic E-state index is 13.3. The zero-order valence-corrected chi connectivity index (χ0v) is 19.7. The fourth-order valence-electron chi connectivity index (χ4n) is 3.89. The molecule has 1 heterocycles. The Morgan fingerprint density at radius 2 is 1.86 bits per heavy atom. The van der Waals surface area contributed by atoms with E-state index < -0.39 is 5.82 Å². The van der Waals surface area contributed by atoms with E-state index in [0.29, 0.717) is 36.5 Å². The van der Waals surface area contributed by atoms with E-state index in [9.17, 15) is 18.8 Å². The van der Waals surface area contributed by atoms with Crippen molar-refractivity contribution in [3.05, 3.63) is 89.7 Å². The molecule has 0 atom stereocenters. The van der Waals surface area contributed by atoms with E-state index in [1.54, 1.807) is 29.2 Å². The molecule has 0 saturated carbocycles. The minimum absolute atomic E-state index is 0.0784. The number of amides is 2. The predicted molar refractivity (Wildman–Crippen MR) is 133 cm³/mol. The van der Waals surface area contributed by atoms with Crippen molar-refractivity contribution < 1.29 is 28.2 Å². The van der Waals surface area contributed by atoms with Gasteiger partial charge in [0.1, 0.15) is 17.3 Å². The highest BCUT2D eigenvalue weighted by Crippen LogP contribution is 2.33. The van der Waals surface area contributed by atoms with Crippen molar-refractivity contribution in [1.82, 2.24) is 5.32 Å². The van der Waals surface area contributed by atoms with Crippen LogP contribution in [0.1, 0.15) is 28.8 Å². The number of nitrogens with one attached hydrogen (secondary N) is 1. The molecule has 1 aliphatic heterocycles. The first-order chi connectivity index (χ1) is 17.5. The van der Waals surface area contributed by atoms with Gasteiger partial charge in [-0.25, -0.2) is 4.39 Å². The first-order valence-corrected chi connectivity index (χ1v) is 11.8. The van der Waals surface area contributed by atoms with E-state index in [0.717, 1.165) is 12.0 Å². The molecule has 0 unspecified atom stereocenters. The average Bonchev–Trinajstić information content (AvgIpc) is 2.89. The second kappa shape index (κ2) is 12.0. The standard InChI is InChI=1S/C28H27FN2O5/c29-22-8-4-9-23(17-22)35-18-25(32)21-11-12-26-24(16-21)31(28(34)19-36-26)15-5-10-27(33)30-14-13-20-6-2-1-3-7-20/h1-4,6-9,11-12,16-17H,5,10,13-15,18-19H2,(H,30,33). The molecule has 0 fully saturated rings. The summed E-state index contributed by atoms with van der Waals surface area (Å²) in [6.45, 7) is 0.483. The Balaban J connectivity index is 1.31. The van der Waals surface area contributed by atoms with Gasteiger partial charge in [-0.05, 0) is 48.7 Å². The minimum atomic E-state index is -0.454. The second-order valence-electron chi connectivity index (χ2n) is 8.37. The number of rotatable bonds is 11. The molecule has 1 aliphatic rings. The van der Waals surface area contributed by atoms with Crippen LogP contribution >= 0.6 is 0 Å². The quantitative estimate of drug-likeness (QED) is 0.412. The maximum absolute atomic E-state index is 13.3. The zero-order chi connectivity index (χ0) is 25.3. The number of ketones is 1. The SMILES string of the molecule is O=C(CCCN1C(=O)COc2ccc(C(=O)COc3cccc(F)c3)cc21)NCCc1ccccc1. The van der Waals surface area contributed by atoms with E-state index in [1.165, 1.54) is 18.2 Å². The highest BCUT2D eigenvalue weighted by atomic mass is 19.1. The molecule has 0 bridgehead atoms. The van der Waals surface area contributed by atoms with E-state index in [1.807, 2.05) is 30.3 Å². The summed E-state index contributed by atoms with van der Waals surface area (Å²) in [7, 11) is 0. The summed E-state index contributed by atoms with van der Waals surface area (Å²) in [5, 5.41) is 2.91. The summed E-state index contributed by atoms with van der Waals surface area (Å²) in [6, 6.07) is 20.3. The number of fused-ring (bicyclic) bond motifs is 1. The van der Waals surface area contributed by atoms with Crippen LogP contribution in [0.4, 0.5) is 10.1 Å². The van der Waals surface area contributed by atoms with Gasteiger partial charge in [-0.3, -0.25) is 14.4 Å². The number of halogens is 1. The number of Topliss-reactive ketones (excluding diaryl/α,β-unsaturated/α-hetero) is 1. The molecule has 2 amide bonds. The molecule has 0 saturated heterocycles. The Morgan fingerprint density at radius 1 is 1.03 bits per heavy atom. The van der Waals surface area contributed by atoms with Crippen LogP contribution in [-0.2, 0) is 16.0 Å². The van der Waals surface area contributed by atoms with Gasteiger partial charge in [0.2, 0.25) is 5.91 Å². The molecule has 8 heteroatoms. The van der Waals surface area contributed by atoms with Crippen LogP contribution in [0.15, 0.2) is 72.8 Å². The molecular weight excluding hydrogens is 463 g/mol. The number of carbonyl (C=O) groups is 3. The van der Waals surface area contributed by atoms with Gasteiger partial charge in [-0.1, -0.05) is 36.4 Å².